The molecule has 8 heteroatoms. The van der Waals surface area contributed by atoms with E-state index in [4.69, 9.17) is 5.73 Å². The number of likely N-dealkylation sites (tertiary alicyclic amines) is 1. The molecule has 1 aliphatic heterocycles. The van der Waals surface area contributed by atoms with E-state index in [1.807, 2.05) is 42.5 Å². The maximum Gasteiger partial charge on any atom is 0.253 e. The number of rotatable bonds is 4. The van der Waals surface area contributed by atoms with Crippen molar-refractivity contribution >= 4 is 17.5 Å². The molecule has 33 heavy (non-hydrogen) atoms. The molecule has 2 aromatic heterocycles. The van der Waals surface area contributed by atoms with Crippen molar-refractivity contribution in [3.63, 3.8) is 0 Å². The maximum atomic E-state index is 13.1. The summed E-state index contributed by atoms with van der Waals surface area (Å²) in [5, 5.41) is 15.2. The Morgan fingerprint density at radius 3 is 2.30 bits per heavy atom. The standard InChI is InChI=1S/C25H23N5O3/c26-22(31)20-10-11-21(30-23(20)27-16-28-30)17-6-8-18(9-7-17)24(32)29-14-12-25(33,13-15-29)19-4-2-1-3-5-19/h1-11,16,33H,12-15H2,(H2,26,31). The quantitative estimate of drug-likeness (QED) is 0.505. The number of primary amides is 1. The molecule has 166 valence electrons. The largest absolute Gasteiger partial charge is 0.385 e. The van der Waals surface area contributed by atoms with E-state index in [-0.39, 0.29) is 5.91 Å². The van der Waals surface area contributed by atoms with Gasteiger partial charge in [-0.1, -0.05) is 42.5 Å². The molecule has 5 rings (SSSR count). The highest BCUT2D eigenvalue weighted by atomic mass is 16.3. The zero-order valence-corrected chi connectivity index (χ0v) is 17.9. The number of hydrogen-bond acceptors (Lipinski definition) is 5. The number of aliphatic hydroxyl groups is 1. The first-order chi connectivity index (χ1) is 16.0. The van der Waals surface area contributed by atoms with E-state index in [9.17, 15) is 14.7 Å². The molecule has 2 amide bonds. The van der Waals surface area contributed by atoms with Crippen LogP contribution in [0.3, 0.4) is 0 Å². The summed E-state index contributed by atoms with van der Waals surface area (Å²) < 4.78 is 1.56. The number of carbonyl (C=O) groups is 2. The molecule has 3 heterocycles. The van der Waals surface area contributed by atoms with Crippen LogP contribution < -0.4 is 5.73 Å². The van der Waals surface area contributed by atoms with Crippen LogP contribution in [0, 0.1) is 0 Å². The van der Waals surface area contributed by atoms with Crippen molar-refractivity contribution in [3.05, 3.63) is 89.7 Å². The van der Waals surface area contributed by atoms with Crippen molar-refractivity contribution in [1.29, 1.82) is 0 Å². The molecule has 3 N–H and O–H groups in total. The van der Waals surface area contributed by atoms with Gasteiger partial charge in [0.1, 0.15) is 6.33 Å². The van der Waals surface area contributed by atoms with Gasteiger partial charge in [0.05, 0.1) is 16.9 Å². The number of piperidine rings is 1. The molecular weight excluding hydrogens is 418 g/mol. The zero-order valence-electron chi connectivity index (χ0n) is 17.9. The molecule has 0 saturated carbocycles. The minimum absolute atomic E-state index is 0.0633. The van der Waals surface area contributed by atoms with E-state index < -0.39 is 11.5 Å². The fourth-order valence-electron chi connectivity index (χ4n) is 4.40. The molecule has 0 radical (unpaired) electrons. The van der Waals surface area contributed by atoms with Crippen molar-refractivity contribution < 1.29 is 14.7 Å². The van der Waals surface area contributed by atoms with Crippen LogP contribution in [0.5, 0.6) is 0 Å². The fraction of sp³-hybridized carbons (Fsp3) is 0.200. The second kappa shape index (κ2) is 8.14. The van der Waals surface area contributed by atoms with Crippen molar-refractivity contribution in [1.82, 2.24) is 19.5 Å². The summed E-state index contributed by atoms with van der Waals surface area (Å²) in [5.74, 6) is -0.632. The molecule has 0 aliphatic carbocycles. The molecule has 0 unspecified atom stereocenters. The summed E-state index contributed by atoms with van der Waals surface area (Å²) in [7, 11) is 0. The van der Waals surface area contributed by atoms with Crippen LogP contribution in [0.25, 0.3) is 16.9 Å². The lowest BCUT2D eigenvalue weighted by atomic mass is 9.84. The Labute approximate surface area is 190 Å². The van der Waals surface area contributed by atoms with Crippen LogP contribution in [0.15, 0.2) is 73.1 Å². The SMILES string of the molecule is NC(=O)c1ccc(-c2ccc(C(=O)N3CCC(O)(c4ccccc4)CC3)cc2)n2ncnc12. The Kier molecular flexibility index (Phi) is 5.14. The number of carbonyl (C=O) groups excluding carboxylic acids is 2. The van der Waals surface area contributed by atoms with Crippen LogP contribution in [0.4, 0.5) is 0 Å². The predicted molar refractivity (Wildman–Crippen MR) is 122 cm³/mol. The highest BCUT2D eigenvalue weighted by molar-refractivity contribution is 5.99. The van der Waals surface area contributed by atoms with Crippen molar-refractivity contribution in [2.24, 2.45) is 5.73 Å². The molecular formula is C25H23N5O3. The average Bonchev–Trinajstić information content (AvgIpc) is 3.34. The van der Waals surface area contributed by atoms with Gasteiger partial charge in [-0.15, -0.1) is 0 Å². The van der Waals surface area contributed by atoms with E-state index in [0.717, 1.165) is 16.8 Å². The molecule has 0 bridgehead atoms. The van der Waals surface area contributed by atoms with Gasteiger partial charge in [-0.2, -0.15) is 5.10 Å². The van der Waals surface area contributed by atoms with Gasteiger partial charge in [0.2, 0.25) is 0 Å². The fourth-order valence-corrected chi connectivity index (χ4v) is 4.40. The Bertz CT molecular complexity index is 1320. The lowest BCUT2D eigenvalue weighted by Gasteiger charge is -2.38. The third-order valence-corrected chi connectivity index (χ3v) is 6.31. The number of fused-ring (bicyclic) bond motifs is 1. The number of nitrogens with zero attached hydrogens (tertiary/aromatic N) is 4. The number of hydrogen-bond donors (Lipinski definition) is 2. The first-order valence-corrected chi connectivity index (χ1v) is 10.8. The lowest BCUT2D eigenvalue weighted by Crippen LogP contribution is -2.45. The summed E-state index contributed by atoms with van der Waals surface area (Å²) >= 11 is 0. The van der Waals surface area contributed by atoms with Gasteiger partial charge in [0.15, 0.2) is 5.65 Å². The molecule has 1 aliphatic rings. The number of nitrogens with two attached hydrogens (primary N) is 1. The third-order valence-electron chi connectivity index (χ3n) is 6.31. The van der Waals surface area contributed by atoms with Crippen molar-refractivity contribution in [2.75, 3.05) is 13.1 Å². The maximum absolute atomic E-state index is 13.1. The zero-order chi connectivity index (χ0) is 23.0. The topological polar surface area (TPSA) is 114 Å². The van der Waals surface area contributed by atoms with Gasteiger partial charge >= 0.3 is 0 Å². The van der Waals surface area contributed by atoms with Gasteiger partial charge in [-0.05, 0) is 42.7 Å². The number of pyridine rings is 1. The molecule has 8 nitrogen and oxygen atoms in total. The minimum Gasteiger partial charge on any atom is -0.385 e. The lowest BCUT2D eigenvalue weighted by molar-refractivity contribution is -0.0211. The van der Waals surface area contributed by atoms with Gasteiger partial charge in [-0.3, -0.25) is 9.59 Å². The monoisotopic (exact) mass is 441 g/mol. The van der Waals surface area contributed by atoms with Crippen LogP contribution in [0.2, 0.25) is 0 Å². The summed E-state index contributed by atoms with van der Waals surface area (Å²) in [6, 6.07) is 20.3. The predicted octanol–water partition coefficient (Wildman–Crippen LogP) is 2.62. The van der Waals surface area contributed by atoms with E-state index >= 15 is 0 Å². The van der Waals surface area contributed by atoms with Gasteiger partial charge in [0.25, 0.3) is 11.8 Å². The van der Waals surface area contributed by atoms with Gasteiger partial charge < -0.3 is 15.7 Å². The molecule has 1 saturated heterocycles. The normalized spacial score (nSPS) is 15.5. The van der Waals surface area contributed by atoms with Crippen LogP contribution in [0.1, 0.15) is 39.1 Å². The number of aromatic nitrogens is 3. The smallest absolute Gasteiger partial charge is 0.253 e. The van der Waals surface area contributed by atoms with E-state index in [0.29, 0.717) is 42.7 Å². The Balaban J connectivity index is 1.33. The number of amides is 2. The number of benzene rings is 2. The Morgan fingerprint density at radius 1 is 0.939 bits per heavy atom. The molecule has 2 aromatic carbocycles. The summed E-state index contributed by atoms with van der Waals surface area (Å²) in [5.41, 5.74) is 8.24. The van der Waals surface area contributed by atoms with Crippen molar-refractivity contribution in [2.45, 2.75) is 18.4 Å². The first kappa shape index (κ1) is 20.8. The molecule has 0 atom stereocenters. The summed E-state index contributed by atoms with van der Waals surface area (Å²) in [6.45, 7) is 0.972. The van der Waals surface area contributed by atoms with Gasteiger partial charge in [-0.25, -0.2) is 9.50 Å². The van der Waals surface area contributed by atoms with Crippen molar-refractivity contribution in [3.8, 4) is 11.3 Å². The first-order valence-electron chi connectivity index (χ1n) is 10.8. The third kappa shape index (κ3) is 3.74. The molecule has 4 aromatic rings. The average molecular weight is 441 g/mol. The second-order valence-corrected chi connectivity index (χ2v) is 8.26. The highest BCUT2D eigenvalue weighted by Crippen LogP contribution is 2.33. The van der Waals surface area contributed by atoms with E-state index in [1.165, 1.54) is 6.33 Å². The van der Waals surface area contributed by atoms with Crippen LogP contribution >= 0.6 is 0 Å². The summed E-state index contributed by atoms with van der Waals surface area (Å²) in [4.78, 5) is 30.6. The van der Waals surface area contributed by atoms with Crippen LogP contribution in [-0.4, -0.2) is 49.5 Å². The van der Waals surface area contributed by atoms with E-state index in [2.05, 4.69) is 10.1 Å². The second-order valence-electron chi connectivity index (χ2n) is 8.26. The Morgan fingerprint density at radius 2 is 1.64 bits per heavy atom. The Hall–Kier alpha value is -4.04. The molecule has 1 fully saturated rings. The highest BCUT2D eigenvalue weighted by Gasteiger charge is 2.35. The van der Waals surface area contributed by atoms with Crippen LogP contribution in [-0.2, 0) is 5.60 Å². The van der Waals surface area contributed by atoms with Gasteiger partial charge in [0, 0.05) is 24.2 Å². The van der Waals surface area contributed by atoms with E-state index in [1.54, 1.807) is 33.7 Å². The molecule has 0 spiro atoms. The summed E-state index contributed by atoms with van der Waals surface area (Å²) in [6.07, 6.45) is 2.37. The minimum atomic E-state index is -0.901.